The summed E-state index contributed by atoms with van der Waals surface area (Å²) in [6.45, 7) is 0.435. The van der Waals surface area contributed by atoms with Crippen molar-refractivity contribution in [3.8, 4) is 0 Å². The molecule has 1 aromatic rings. The molecular weight excluding hydrogens is 297 g/mol. The number of carbonyl (C=O) groups is 2. The number of hydrogen-bond donors (Lipinski definition) is 1. The number of aliphatic carboxylic acids is 1. The molecule has 1 aliphatic heterocycles. The van der Waals surface area contributed by atoms with Crippen LogP contribution in [0.3, 0.4) is 0 Å². The molecule has 1 aromatic carbocycles. The lowest BCUT2D eigenvalue weighted by Crippen LogP contribution is -2.43. The smallest absolute Gasteiger partial charge is 0.326 e. The first-order valence-electron chi connectivity index (χ1n) is 6.98. The molecule has 0 aromatic heterocycles. The van der Waals surface area contributed by atoms with Gasteiger partial charge in [0.15, 0.2) is 0 Å². The summed E-state index contributed by atoms with van der Waals surface area (Å²) in [5.74, 6) is -1.83. The summed E-state index contributed by atoms with van der Waals surface area (Å²) in [7, 11) is 0. The van der Waals surface area contributed by atoms with Crippen molar-refractivity contribution in [3.63, 3.8) is 0 Å². The van der Waals surface area contributed by atoms with E-state index < -0.39 is 23.7 Å². The highest BCUT2D eigenvalue weighted by molar-refractivity contribution is 6.30. The fraction of sp³-hybridized carbons (Fsp3) is 0.467. The number of hydrogen-bond acceptors (Lipinski definition) is 2. The van der Waals surface area contributed by atoms with E-state index in [0.717, 1.165) is 25.3 Å². The lowest BCUT2D eigenvalue weighted by Gasteiger charge is -2.24. The monoisotopic (exact) mass is 311 g/mol. The average Bonchev–Trinajstić information content (AvgIpc) is 3.00. The number of likely N-dealkylation sites (tertiary alicyclic amines) is 1. The predicted octanol–water partition coefficient (Wildman–Crippen LogP) is 2.80. The molecule has 3 atom stereocenters. The third-order valence-corrected chi connectivity index (χ3v) is 4.88. The lowest BCUT2D eigenvalue weighted by atomic mass is 9.94. The van der Waals surface area contributed by atoms with E-state index in [1.807, 2.05) is 0 Å². The van der Waals surface area contributed by atoms with E-state index in [1.54, 1.807) is 0 Å². The van der Waals surface area contributed by atoms with Crippen LogP contribution in [0.25, 0.3) is 0 Å². The molecule has 2 fully saturated rings. The van der Waals surface area contributed by atoms with E-state index in [4.69, 9.17) is 11.6 Å². The second-order valence-electron chi connectivity index (χ2n) is 5.72. The summed E-state index contributed by atoms with van der Waals surface area (Å²) in [6.07, 6.45) is 2.80. The second kappa shape index (κ2) is 5.30. The van der Waals surface area contributed by atoms with Crippen molar-refractivity contribution in [2.75, 3.05) is 6.54 Å². The molecule has 0 radical (unpaired) electrons. The number of halogens is 2. The molecule has 4 nitrogen and oxygen atoms in total. The Balaban J connectivity index is 1.89. The first-order chi connectivity index (χ1) is 9.99. The molecule has 3 unspecified atom stereocenters. The van der Waals surface area contributed by atoms with Crippen molar-refractivity contribution in [3.05, 3.63) is 34.6 Å². The third-order valence-electron chi connectivity index (χ3n) is 4.57. The van der Waals surface area contributed by atoms with Gasteiger partial charge in [-0.3, -0.25) is 4.79 Å². The molecule has 3 rings (SSSR count). The van der Waals surface area contributed by atoms with Gasteiger partial charge in [-0.15, -0.1) is 0 Å². The van der Waals surface area contributed by atoms with Gasteiger partial charge in [-0.25, -0.2) is 9.18 Å². The van der Waals surface area contributed by atoms with Crippen LogP contribution in [-0.4, -0.2) is 34.5 Å². The molecule has 0 bridgehead atoms. The number of nitrogens with zero attached hydrogens (tertiary/aromatic N) is 1. The van der Waals surface area contributed by atoms with Crippen LogP contribution in [0, 0.1) is 17.7 Å². The Bertz CT molecular complexity index is 607. The van der Waals surface area contributed by atoms with Crippen molar-refractivity contribution < 1.29 is 19.1 Å². The van der Waals surface area contributed by atoms with Gasteiger partial charge in [0.2, 0.25) is 0 Å². The fourth-order valence-corrected chi connectivity index (χ4v) is 3.74. The van der Waals surface area contributed by atoms with Crippen LogP contribution < -0.4 is 0 Å². The summed E-state index contributed by atoms with van der Waals surface area (Å²) >= 11 is 5.61. The summed E-state index contributed by atoms with van der Waals surface area (Å²) in [5.41, 5.74) is 0.142. The average molecular weight is 312 g/mol. The second-order valence-corrected chi connectivity index (χ2v) is 6.13. The SMILES string of the molecule is O=C(O)C1C2CCCC2CN1C(=O)c1ccc(Cl)c(F)c1. The molecule has 2 aliphatic rings. The van der Waals surface area contributed by atoms with Crippen molar-refractivity contribution >= 4 is 23.5 Å². The molecule has 1 heterocycles. The highest BCUT2D eigenvalue weighted by atomic mass is 35.5. The number of fused-ring (bicyclic) bond motifs is 1. The topological polar surface area (TPSA) is 57.6 Å². The summed E-state index contributed by atoms with van der Waals surface area (Å²) in [5, 5.41) is 9.38. The van der Waals surface area contributed by atoms with Crippen LogP contribution >= 0.6 is 11.6 Å². The molecule has 6 heteroatoms. The number of carboxylic acids is 1. The molecule has 1 saturated carbocycles. The van der Waals surface area contributed by atoms with E-state index in [2.05, 4.69) is 0 Å². The van der Waals surface area contributed by atoms with Crippen LogP contribution in [0.2, 0.25) is 5.02 Å². The Hall–Kier alpha value is -1.62. The predicted molar refractivity (Wildman–Crippen MR) is 74.7 cm³/mol. The molecular formula is C15H15ClFNO3. The highest BCUT2D eigenvalue weighted by Gasteiger charge is 2.49. The Morgan fingerprint density at radius 2 is 2.10 bits per heavy atom. The minimum atomic E-state index is -0.979. The van der Waals surface area contributed by atoms with Gasteiger partial charge >= 0.3 is 5.97 Å². The molecule has 1 aliphatic carbocycles. The largest absolute Gasteiger partial charge is 0.480 e. The molecule has 21 heavy (non-hydrogen) atoms. The van der Waals surface area contributed by atoms with Crippen molar-refractivity contribution in [1.29, 1.82) is 0 Å². The van der Waals surface area contributed by atoms with E-state index in [9.17, 15) is 19.1 Å². The minimum absolute atomic E-state index is 0.0172. The van der Waals surface area contributed by atoms with Gasteiger partial charge in [0.1, 0.15) is 11.9 Å². The van der Waals surface area contributed by atoms with Crippen LogP contribution in [0.1, 0.15) is 29.6 Å². The van der Waals surface area contributed by atoms with Gasteiger partial charge in [0, 0.05) is 12.1 Å². The van der Waals surface area contributed by atoms with Gasteiger partial charge < -0.3 is 10.0 Å². The van der Waals surface area contributed by atoms with Gasteiger partial charge in [0.05, 0.1) is 5.02 Å². The fourth-order valence-electron chi connectivity index (χ4n) is 3.63. The molecule has 1 saturated heterocycles. The van der Waals surface area contributed by atoms with E-state index in [-0.39, 0.29) is 22.4 Å². The first-order valence-corrected chi connectivity index (χ1v) is 7.35. The number of benzene rings is 1. The summed E-state index contributed by atoms with van der Waals surface area (Å²) in [4.78, 5) is 25.4. The molecule has 1 amide bonds. The number of rotatable bonds is 2. The third kappa shape index (κ3) is 2.39. The zero-order chi connectivity index (χ0) is 15.1. The first kappa shape index (κ1) is 14.3. The number of carbonyl (C=O) groups excluding carboxylic acids is 1. The summed E-state index contributed by atoms with van der Waals surface area (Å²) < 4.78 is 13.5. The number of amides is 1. The maximum Gasteiger partial charge on any atom is 0.326 e. The molecule has 1 N–H and O–H groups in total. The maximum atomic E-state index is 13.5. The Morgan fingerprint density at radius 1 is 1.33 bits per heavy atom. The van der Waals surface area contributed by atoms with Gasteiger partial charge in [0.25, 0.3) is 5.91 Å². The Labute approximate surface area is 126 Å². The van der Waals surface area contributed by atoms with E-state index >= 15 is 0 Å². The van der Waals surface area contributed by atoms with Crippen LogP contribution in [0.5, 0.6) is 0 Å². The highest BCUT2D eigenvalue weighted by Crippen LogP contribution is 2.42. The van der Waals surface area contributed by atoms with Crippen molar-refractivity contribution in [1.82, 2.24) is 4.90 Å². The number of carboxylic acid groups (broad SMARTS) is 1. The maximum absolute atomic E-state index is 13.5. The quantitative estimate of drug-likeness (QED) is 0.913. The van der Waals surface area contributed by atoms with Gasteiger partial charge in [-0.05, 0) is 42.9 Å². The van der Waals surface area contributed by atoms with Crippen molar-refractivity contribution in [2.24, 2.45) is 11.8 Å². The minimum Gasteiger partial charge on any atom is -0.480 e. The zero-order valence-corrected chi connectivity index (χ0v) is 12.0. The van der Waals surface area contributed by atoms with E-state index in [1.165, 1.54) is 17.0 Å². The molecule has 0 spiro atoms. The van der Waals surface area contributed by atoms with Gasteiger partial charge in [-0.1, -0.05) is 18.0 Å². The van der Waals surface area contributed by atoms with Gasteiger partial charge in [-0.2, -0.15) is 0 Å². The standard InChI is InChI=1S/C15H15ClFNO3/c16-11-5-4-8(6-12(11)17)14(19)18-7-9-2-1-3-10(9)13(18)15(20)21/h4-6,9-10,13H,1-3,7H2,(H,20,21). The Kier molecular flexibility index (Phi) is 3.61. The Morgan fingerprint density at radius 3 is 2.76 bits per heavy atom. The normalized spacial score (nSPS) is 27.7. The summed E-state index contributed by atoms with van der Waals surface area (Å²) in [6, 6.07) is 3.01. The van der Waals surface area contributed by atoms with Crippen LogP contribution in [0.15, 0.2) is 18.2 Å². The van der Waals surface area contributed by atoms with Crippen LogP contribution in [-0.2, 0) is 4.79 Å². The van der Waals surface area contributed by atoms with Crippen molar-refractivity contribution in [2.45, 2.75) is 25.3 Å². The lowest BCUT2D eigenvalue weighted by molar-refractivity contribution is -0.142. The molecule has 112 valence electrons. The van der Waals surface area contributed by atoms with Crippen LogP contribution in [0.4, 0.5) is 4.39 Å². The zero-order valence-electron chi connectivity index (χ0n) is 11.3. The van der Waals surface area contributed by atoms with E-state index in [0.29, 0.717) is 6.54 Å².